The fourth-order valence-electron chi connectivity index (χ4n) is 3.81. The molecule has 0 aliphatic heterocycles. The molecule has 0 saturated carbocycles. The van der Waals surface area contributed by atoms with Gasteiger partial charge >= 0.3 is 0 Å². The van der Waals surface area contributed by atoms with Crippen molar-refractivity contribution in [2.45, 2.75) is 31.3 Å². The summed E-state index contributed by atoms with van der Waals surface area (Å²) < 4.78 is 33.8. The summed E-state index contributed by atoms with van der Waals surface area (Å²) in [6.45, 7) is 2.96. The van der Waals surface area contributed by atoms with Crippen LogP contribution in [0.1, 0.15) is 18.1 Å². The molecule has 0 aliphatic carbocycles. The normalized spacial score (nSPS) is 11.9. The molecule has 3 rings (SSSR count). The van der Waals surface area contributed by atoms with Crippen molar-refractivity contribution in [3.63, 3.8) is 0 Å². The second-order valence-electron chi connectivity index (χ2n) is 8.41. The van der Waals surface area contributed by atoms with Gasteiger partial charge in [-0.15, -0.1) is 0 Å². The van der Waals surface area contributed by atoms with Crippen molar-refractivity contribution < 1.29 is 22.7 Å². The molecule has 0 aromatic heterocycles. The van der Waals surface area contributed by atoms with E-state index in [-0.39, 0.29) is 17.3 Å². The minimum atomic E-state index is -4.15. The largest absolute Gasteiger partial charge is 0.497 e. The van der Waals surface area contributed by atoms with Crippen molar-refractivity contribution in [2.75, 3.05) is 25.0 Å². The fraction of sp³-hybridized carbons (Fsp3) is 0.259. The van der Waals surface area contributed by atoms with E-state index in [2.05, 4.69) is 5.32 Å². The Kier molecular flexibility index (Phi) is 9.18. The Morgan fingerprint density at radius 2 is 1.62 bits per heavy atom. The lowest BCUT2D eigenvalue weighted by Crippen LogP contribution is -2.50. The van der Waals surface area contributed by atoms with Gasteiger partial charge in [0, 0.05) is 18.6 Å². The lowest BCUT2D eigenvalue weighted by atomic mass is 10.1. The van der Waals surface area contributed by atoms with E-state index in [1.807, 2.05) is 0 Å². The highest BCUT2D eigenvalue weighted by Crippen LogP contribution is 2.28. The summed E-state index contributed by atoms with van der Waals surface area (Å²) in [5.74, 6) is -0.252. The van der Waals surface area contributed by atoms with Crippen molar-refractivity contribution in [3.8, 4) is 5.75 Å². The number of sulfonamides is 1. The van der Waals surface area contributed by atoms with Crippen LogP contribution in [-0.2, 0) is 26.2 Å². The molecule has 10 heteroatoms. The molecule has 0 saturated heterocycles. The molecule has 196 valence electrons. The first kappa shape index (κ1) is 28.0. The summed E-state index contributed by atoms with van der Waals surface area (Å²) in [6.07, 6.45) is 0. The number of aryl methyl sites for hydroxylation is 1. The van der Waals surface area contributed by atoms with Gasteiger partial charge in [0.2, 0.25) is 11.8 Å². The molecule has 8 nitrogen and oxygen atoms in total. The van der Waals surface area contributed by atoms with Gasteiger partial charge in [0.05, 0.1) is 17.7 Å². The Morgan fingerprint density at radius 1 is 1.00 bits per heavy atom. The predicted molar refractivity (Wildman–Crippen MR) is 144 cm³/mol. The zero-order valence-electron chi connectivity index (χ0n) is 21.1. The molecule has 0 fully saturated rings. The number of likely N-dealkylation sites (N-methyl/N-ethyl adjacent to an activating group) is 1. The molecule has 37 heavy (non-hydrogen) atoms. The van der Waals surface area contributed by atoms with Crippen molar-refractivity contribution in [3.05, 3.63) is 88.9 Å². The predicted octanol–water partition coefficient (Wildman–Crippen LogP) is 4.02. The van der Waals surface area contributed by atoms with Gasteiger partial charge in [0.25, 0.3) is 10.0 Å². The van der Waals surface area contributed by atoms with Crippen LogP contribution >= 0.6 is 11.6 Å². The first-order valence-electron chi connectivity index (χ1n) is 11.6. The number of hydrogen-bond acceptors (Lipinski definition) is 5. The van der Waals surface area contributed by atoms with E-state index in [0.29, 0.717) is 22.0 Å². The number of methoxy groups -OCH3 is 1. The molecule has 0 spiro atoms. The first-order chi connectivity index (χ1) is 17.6. The van der Waals surface area contributed by atoms with E-state index in [1.54, 1.807) is 69.5 Å². The Labute approximate surface area is 222 Å². The molecule has 0 heterocycles. The van der Waals surface area contributed by atoms with Gasteiger partial charge in [-0.25, -0.2) is 8.42 Å². The van der Waals surface area contributed by atoms with Gasteiger partial charge in [-0.05, 0) is 67.4 Å². The van der Waals surface area contributed by atoms with Crippen molar-refractivity contribution in [2.24, 2.45) is 0 Å². The Morgan fingerprint density at radius 3 is 2.19 bits per heavy atom. The fourth-order valence-corrected chi connectivity index (χ4v) is 5.41. The van der Waals surface area contributed by atoms with Crippen LogP contribution in [-0.4, -0.2) is 51.9 Å². The Balaban J connectivity index is 2.03. The van der Waals surface area contributed by atoms with Gasteiger partial charge in [-0.1, -0.05) is 41.9 Å². The van der Waals surface area contributed by atoms with Crippen LogP contribution in [0.4, 0.5) is 5.69 Å². The zero-order valence-corrected chi connectivity index (χ0v) is 22.7. The molecule has 0 unspecified atom stereocenters. The van der Waals surface area contributed by atoms with Gasteiger partial charge in [0.15, 0.2) is 0 Å². The maximum absolute atomic E-state index is 13.8. The van der Waals surface area contributed by atoms with E-state index in [4.69, 9.17) is 16.3 Å². The quantitative estimate of drug-likeness (QED) is 0.417. The van der Waals surface area contributed by atoms with Crippen LogP contribution in [0.5, 0.6) is 5.75 Å². The van der Waals surface area contributed by atoms with Gasteiger partial charge in [0.1, 0.15) is 18.3 Å². The topological polar surface area (TPSA) is 96.0 Å². The highest BCUT2D eigenvalue weighted by atomic mass is 35.5. The standard InChI is InChI=1S/C27H30ClN3O5S/c1-19-7-5-6-8-25(19)31(37(34,35)24-15-11-22(28)12-16-24)18-26(32)30(20(2)27(33)29-3)17-21-9-13-23(36-4)14-10-21/h5-16,20H,17-18H2,1-4H3,(H,29,33)/t20-/m0/s1. The van der Waals surface area contributed by atoms with Crippen molar-refractivity contribution in [1.82, 2.24) is 10.2 Å². The number of halogens is 1. The number of nitrogens with zero attached hydrogens (tertiary/aromatic N) is 2. The molecule has 0 aliphatic rings. The third-order valence-corrected chi connectivity index (χ3v) is 8.02. The number of amides is 2. The maximum Gasteiger partial charge on any atom is 0.264 e. The van der Waals surface area contributed by atoms with Crippen LogP contribution in [0.25, 0.3) is 0 Å². The summed E-state index contributed by atoms with van der Waals surface area (Å²) >= 11 is 5.97. The number of ether oxygens (including phenoxy) is 1. The Hall–Kier alpha value is -3.56. The van der Waals surface area contributed by atoms with Gasteiger partial charge in [-0.2, -0.15) is 0 Å². The molecule has 1 atom stereocenters. The summed E-state index contributed by atoms with van der Waals surface area (Å²) in [5, 5.41) is 2.95. The van der Waals surface area contributed by atoms with Crippen molar-refractivity contribution in [1.29, 1.82) is 0 Å². The zero-order chi connectivity index (χ0) is 27.2. The average molecular weight is 544 g/mol. The average Bonchev–Trinajstić information content (AvgIpc) is 2.90. The van der Waals surface area contributed by atoms with Gasteiger partial charge in [-0.3, -0.25) is 13.9 Å². The number of carbonyl (C=O) groups excluding carboxylic acids is 2. The second-order valence-corrected chi connectivity index (χ2v) is 10.7. The minimum Gasteiger partial charge on any atom is -0.497 e. The third-order valence-electron chi connectivity index (χ3n) is 5.99. The molecule has 1 N–H and O–H groups in total. The second kappa shape index (κ2) is 12.1. The number of nitrogens with one attached hydrogen (secondary N) is 1. The van der Waals surface area contributed by atoms with E-state index in [1.165, 1.54) is 36.2 Å². The van der Waals surface area contributed by atoms with Crippen LogP contribution in [0, 0.1) is 6.92 Å². The van der Waals surface area contributed by atoms with E-state index in [9.17, 15) is 18.0 Å². The third kappa shape index (κ3) is 6.61. The van der Waals surface area contributed by atoms with Crippen LogP contribution in [0.3, 0.4) is 0 Å². The summed E-state index contributed by atoms with van der Waals surface area (Å²) in [4.78, 5) is 27.7. The summed E-state index contributed by atoms with van der Waals surface area (Å²) in [5.41, 5.74) is 1.80. The molecule has 3 aromatic rings. The molecule has 2 amide bonds. The van der Waals surface area contributed by atoms with E-state index in [0.717, 1.165) is 9.87 Å². The smallest absolute Gasteiger partial charge is 0.264 e. The van der Waals surface area contributed by atoms with E-state index < -0.39 is 28.5 Å². The van der Waals surface area contributed by atoms with Crippen LogP contribution < -0.4 is 14.4 Å². The summed E-state index contributed by atoms with van der Waals surface area (Å²) in [6, 6.07) is 18.9. The lowest BCUT2D eigenvalue weighted by molar-refractivity contribution is -0.139. The molecular formula is C27H30ClN3O5S. The summed E-state index contributed by atoms with van der Waals surface area (Å²) in [7, 11) is -1.10. The molecule has 0 bridgehead atoms. The molecular weight excluding hydrogens is 514 g/mol. The van der Waals surface area contributed by atoms with Crippen LogP contribution in [0.2, 0.25) is 5.02 Å². The Bertz CT molecular complexity index is 1350. The van der Waals surface area contributed by atoms with Crippen LogP contribution in [0.15, 0.2) is 77.7 Å². The van der Waals surface area contributed by atoms with Gasteiger partial charge < -0.3 is 15.0 Å². The monoisotopic (exact) mass is 543 g/mol. The van der Waals surface area contributed by atoms with E-state index >= 15 is 0 Å². The number of para-hydroxylation sites is 1. The highest BCUT2D eigenvalue weighted by molar-refractivity contribution is 7.92. The number of rotatable bonds is 10. The SMILES string of the molecule is CNC(=O)[C@H](C)N(Cc1ccc(OC)cc1)C(=O)CN(c1ccccc1C)S(=O)(=O)c1ccc(Cl)cc1. The number of carbonyl (C=O) groups is 2. The number of anilines is 1. The number of benzene rings is 3. The maximum atomic E-state index is 13.8. The molecule has 0 radical (unpaired) electrons. The van der Waals surface area contributed by atoms with Crippen molar-refractivity contribution >= 4 is 39.1 Å². The lowest BCUT2D eigenvalue weighted by Gasteiger charge is -2.32. The highest BCUT2D eigenvalue weighted by Gasteiger charge is 2.32. The number of hydrogen-bond donors (Lipinski definition) is 1. The minimum absolute atomic E-state index is 0.00555. The first-order valence-corrected chi connectivity index (χ1v) is 13.4. The molecule has 3 aromatic carbocycles.